The molecule has 0 aliphatic carbocycles. The first kappa shape index (κ1) is 13.6. The van der Waals surface area contributed by atoms with Crippen molar-refractivity contribution in [2.45, 2.75) is 19.4 Å². The van der Waals surface area contributed by atoms with E-state index in [1.165, 1.54) is 17.7 Å². The number of aryl methyl sites for hydroxylation is 1. The molecule has 2 nitrogen and oxygen atoms in total. The van der Waals surface area contributed by atoms with Gasteiger partial charge in [-0.05, 0) is 43.3 Å². The minimum Gasteiger partial charge on any atom is -0.486 e. The lowest BCUT2D eigenvalue weighted by Gasteiger charge is -2.19. The number of rotatable bonds is 5. The summed E-state index contributed by atoms with van der Waals surface area (Å²) < 4.78 is 19.2. The normalized spacial score (nSPS) is 12.2. The maximum atomic E-state index is 13.3. The molecular weight excluding hydrogens is 241 g/mol. The highest BCUT2D eigenvalue weighted by Gasteiger charge is 2.13. The Morgan fingerprint density at radius 2 is 1.89 bits per heavy atom. The summed E-state index contributed by atoms with van der Waals surface area (Å²) in [6.07, 6.45) is 0.431. The van der Waals surface area contributed by atoms with Crippen molar-refractivity contribution < 1.29 is 9.13 Å². The monoisotopic (exact) mass is 259 g/mol. The average Bonchev–Trinajstić information content (AvgIpc) is 2.41. The van der Waals surface area contributed by atoms with Crippen molar-refractivity contribution in [3.63, 3.8) is 0 Å². The molecule has 2 aromatic carbocycles. The lowest BCUT2D eigenvalue weighted by Crippen LogP contribution is -2.13. The molecule has 19 heavy (non-hydrogen) atoms. The fraction of sp³-hybridized carbons (Fsp3) is 0.250. The molecule has 0 heterocycles. The zero-order valence-corrected chi connectivity index (χ0v) is 11.0. The molecule has 0 spiro atoms. The molecule has 2 rings (SSSR count). The highest BCUT2D eigenvalue weighted by molar-refractivity contribution is 5.28. The Bertz CT molecular complexity index is 525. The summed E-state index contributed by atoms with van der Waals surface area (Å²) in [5.41, 5.74) is 7.59. The minimum atomic E-state index is -0.257. The van der Waals surface area contributed by atoms with E-state index < -0.39 is 0 Å². The largest absolute Gasteiger partial charge is 0.486 e. The van der Waals surface area contributed by atoms with E-state index in [0.29, 0.717) is 13.0 Å². The molecule has 0 bridgehead atoms. The Kier molecular flexibility index (Phi) is 4.53. The Hall–Kier alpha value is -1.87. The number of nitrogens with two attached hydrogens (primary N) is 1. The molecule has 2 N–H and O–H groups in total. The molecular formula is C16H18FNO. The van der Waals surface area contributed by atoms with Gasteiger partial charge < -0.3 is 10.5 Å². The van der Waals surface area contributed by atoms with Gasteiger partial charge in [0.05, 0.1) is 0 Å². The van der Waals surface area contributed by atoms with Crippen LogP contribution in [0, 0.1) is 12.7 Å². The summed E-state index contributed by atoms with van der Waals surface area (Å²) in [5, 5.41) is 0. The lowest BCUT2D eigenvalue weighted by atomic mass is 10.1. The molecule has 2 aromatic rings. The fourth-order valence-corrected chi connectivity index (χ4v) is 1.93. The van der Waals surface area contributed by atoms with Gasteiger partial charge in [0.25, 0.3) is 0 Å². The smallest absolute Gasteiger partial charge is 0.125 e. The zero-order chi connectivity index (χ0) is 13.7. The first-order valence-electron chi connectivity index (χ1n) is 6.38. The van der Waals surface area contributed by atoms with Gasteiger partial charge in [-0.1, -0.05) is 29.8 Å². The average molecular weight is 259 g/mol. The van der Waals surface area contributed by atoms with Crippen LogP contribution in [0.3, 0.4) is 0 Å². The zero-order valence-electron chi connectivity index (χ0n) is 11.0. The van der Waals surface area contributed by atoms with Crippen LogP contribution in [0.2, 0.25) is 0 Å². The maximum absolute atomic E-state index is 13.3. The third-order valence-electron chi connectivity index (χ3n) is 2.95. The Labute approximate surface area is 113 Å². The van der Waals surface area contributed by atoms with Gasteiger partial charge in [0.1, 0.15) is 17.7 Å². The van der Waals surface area contributed by atoms with Crippen LogP contribution in [0.15, 0.2) is 48.5 Å². The summed E-state index contributed by atoms with van der Waals surface area (Å²) in [4.78, 5) is 0. The highest BCUT2D eigenvalue weighted by atomic mass is 19.1. The number of halogens is 1. The van der Waals surface area contributed by atoms with Crippen LogP contribution in [0.1, 0.15) is 23.7 Å². The van der Waals surface area contributed by atoms with Crippen LogP contribution >= 0.6 is 0 Å². The van der Waals surface area contributed by atoms with Gasteiger partial charge in [-0.15, -0.1) is 0 Å². The standard InChI is InChI=1S/C16H18FNO/c1-12-5-7-15(8-6-12)19-16(9-10-18)13-3-2-4-14(17)11-13/h2-8,11,16H,9-10,18H2,1H3/t16-/m0/s1. The molecule has 1 atom stereocenters. The van der Waals surface area contributed by atoms with Crippen molar-refractivity contribution in [1.82, 2.24) is 0 Å². The number of ether oxygens (including phenoxy) is 1. The molecule has 0 saturated carbocycles. The van der Waals surface area contributed by atoms with Gasteiger partial charge in [0.2, 0.25) is 0 Å². The summed E-state index contributed by atoms with van der Waals surface area (Å²) in [7, 11) is 0. The summed E-state index contributed by atoms with van der Waals surface area (Å²) in [6.45, 7) is 2.51. The number of hydrogen-bond acceptors (Lipinski definition) is 2. The number of benzene rings is 2. The Morgan fingerprint density at radius 1 is 1.16 bits per heavy atom. The number of hydrogen-bond donors (Lipinski definition) is 1. The van der Waals surface area contributed by atoms with E-state index in [4.69, 9.17) is 10.5 Å². The van der Waals surface area contributed by atoms with Crippen LogP contribution in [0.4, 0.5) is 4.39 Å². The predicted octanol–water partition coefficient (Wildman–Crippen LogP) is 3.60. The van der Waals surface area contributed by atoms with Crippen molar-refractivity contribution in [2.75, 3.05) is 6.54 Å². The van der Waals surface area contributed by atoms with Crippen LogP contribution in [0.25, 0.3) is 0 Å². The van der Waals surface area contributed by atoms with E-state index >= 15 is 0 Å². The summed E-state index contributed by atoms with van der Waals surface area (Å²) in [6, 6.07) is 14.3. The van der Waals surface area contributed by atoms with Crippen molar-refractivity contribution in [1.29, 1.82) is 0 Å². The van der Waals surface area contributed by atoms with Crippen LogP contribution in [-0.4, -0.2) is 6.54 Å². The van der Waals surface area contributed by atoms with E-state index in [2.05, 4.69) is 0 Å². The first-order valence-corrected chi connectivity index (χ1v) is 6.38. The van der Waals surface area contributed by atoms with E-state index in [1.807, 2.05) is 37.3 Å². The second-order valence-electron chi connectivity index (χ2n) is 4.55. The maximum Gasteiger partial charge on any atom is 0.125 e. The van der Waals surface area contributed by atoms with Gasteiger partial charge in [-0.3, -0.25) is 0 Å². The van der Waals surface area contributed by atoms with Gasteiger partial charge >= 0.3 is 0 Å². The fourth-order valence-electron chi connectivity index (χ4n) is 1.93. The van der Waals surface area contributed by atoms with E-state index in [9.17, 15) is 4.39 Å². The topological polar surface area (TPSA) is 35.2 Å². The molecule has 3 heteroatoms. The first-order chi connectivity index (χ1) is 9.19. The SMILES string of the molecule is Cc1ccc(O[C@@H](CCN)c2cccc(F)c2)cc1. The second-order valence-corrected chi connectivity index (χ2v) is 4.55. The van der Waals surface area contributed by atoms with Crippen LogP contribution < -0.4 is 10.5 Å². The van der Waals surface area contributed by atoms with E-state index in [1.54, 1.807) is 6.07 Å². The quantitative estimate of drug-likeness (QED) is 0.890. The van der Waals surface area contributed by atoms with Crippen molar-refractivity contribution in [2.24, 2.45) is 5.73 Å². The Balaban J connectivity index is 2.18. The van der Waals surface area contributed by atoms with E-state index in [0.717, 1.165) is 11.3 Å². The second kappa shape index (κ2) is 6.34. The third kappa shape index (κ3) is 3.80. The predicted molar refractivity (Wildman–Crippen MR) is 74.6 cm³/mol. The van der Waals surface area contributed by atoms with Gasteiger partial charge in [-0.25, -0.2) is 4.39 Å². The minimum absolute atomic E-state index is 0.219. The van der Waals surface area contributed by atoms with Crippen LogP contribution in [-0.2, 0) is 0 Å². The molecule has 0 saturated heterocycles. The van der Waals surface area contributed by atoms with Gasteiger partial charge in [-0.2, -0.15) is 0 Å². The molecule has 0 aromatic heterocycles. The van der Waals surface area contributed by atoms with Gasteiger partial charge in [0.15, 0.2) is 0 Å². The van der Waals surface area contributed by atoms with Gasteiger partial charge in [0, 0.05) is 6.42 Å². The van der Waals surface area contributed by atoms with Crippen LogP contribution in [0.5, 0.6) is 5.75 Å². The molecule has 0 unspecified atom stereocenters. The van der Waals surface area contributed by atoms with E-state index in [-0.39, 0.29) is 11.9 Å². The molecule has 0 aliphatic heterocycles. The Morgan fingerprint density at radius 3 is 2.53 bits per heavy atom. The van der Waals surface area contributed by atoms with Crippen molar-refractivity contribution in [3.05, 3.63) is 65.5 Å². The summed E-state index contributed by atoms with van der Waals surface area (Å²) in [5.74, 6) is 0.514. The lowest BCUT2D eigenvalue weighted by molar-refractivity contribution is 0.197. The third-order valence-corrected chi connectivity index (χ3v) is 2.95. The molecule has 100 valence electrons. The highest BCUT2D eigenvalue weighted by Crippen LogP contribution is 2.25. The molecule has 0 aliphatic rings. The molecule has 0 amide bonds. The molecule has 0 radical (unpaired) electrons. The van der Waals surface area contributed by atoms with Crippen molar-refractivity contribution in [3.8, 4) is 5.75 Å². The summed E-state index contributed by atoms with van der Waals surface area (Å²) >= 11 is 0. The van der Waals surface area contributed by atoms with Crippen molar-refractivity contribution >= 4 is 0 Å². The molecule has 0 fully saturated rings.